The highest BCUT2D eigenvalue weighted by Crippen LogP contribution is 2.43. The molecule has 0 bridgehead atoms. The zero-order valence-electron chi connectivity index (χ0n) is 10.3. The van der Waals surface area contributed by atoms with Crippen LogP contribution in [0.4, 0.5) is 4.39 Å². The zero-order valence-corrected chi connectivity index (χ0v) is 10.3. The normalized spacial score (nSPS) is 17.8. The fourth-order valence-electron chi connectivity index (χ4n) is 2.49. The number of halogens is 1. The summed E-state index contributed by atoms with van der Waals surface area (Å²) >= 11 is 0. The molecule has 0 aliphatic heterocycles. The van der Waals surface area contributed by atoms with Gasteiger partial charge in [-0.2, -0.15) is 0 Å². The molecule has 94 valence electrons. The molecule has 1 saturated carbocycles. The lowest BCUT2D eigenvalue weighted by molar-refractivity contribution is 0.123. The highest BCUT2D eigenvalue weighted by atomic mass is 19.1. The lowest BCUT2D eigenvalue weighted by Gasteiger charge is -2.41. The first-order valence-electron chi connectivity index (χ1n) is 6.33. The molecule has 2 nitrogen and oxygen atoms in total. The average molecular weight is 237 g/mol. The second-order valence-corrected chi connectivity index (χ2v) is 5.08. The molecule has 1 fully saturated rings. The molecule has 3 heteroatoms. The van der Waals surface area contributed by atoms with E-state index in [0.717, 1.165) is 6.54 Å². The van der Waals surface area contributed by atoms with Crippen LogP contribution in [0.5, 0.6) is 5.75 Å². The van der Waals surface area contributed by atoms with E-state index in [1.165, 1.54) is 43.9 Å². The predicted octanol–water partition coefficient (Wildman–Crippen LogP) is 3.20. The predicted molar refractivity (Wildman–Crippen MR) is 66.3 cm³/mol. The van der Waals surface area contributed by atoms with Crippen molar-refractivity contribution in [2.75, 3.05) is 6.54 Å². The lowest BCUT2D eigenvalue weighted by Crippen LogP contribution is -2.39. The maximum absolute atomic E-state index is 13.0. The molecule has 2 N–H and O–H groups in total. The van der Waals surface area contributed by atoms with Crippen molar-refractivity contribution in [3.63, 3.8) is 0 Å². The Labute approximate surface area is 102 Å². The van der Waals surface area contributed by atoms with Gasteiger partial charge in [-0.25, -0.2) is 4.39 Å². The van der Waals surface area contributed by atoms with Crippen LogP contribution in [0.15, 0.2) is 18.2 Å². The van der Waals surface area contributed by atoms with Gasteiger partial charge in [-0.05, 0) is 42.9 Å². The molecule has 1 aromatic rings. The Morgan fingerprint density at radius 3 is 2.76 bits per heavy atom. The standard InChI is InChI=1S/C14H20FNO/c1-2-14(6-3-7-14)10-16-9-11-8-12(15)4-5-13(11)17/h4-5,8,16-17H,2-3,6-7,9-10H2,1H3. The fraction of sp³-hybridized carbons (Fsp3) is 0.571. The van der Waals surface area contributed by atoms with Gasteiger partial charge in [-0.3, -0.25) is 0 Å². The van der Waals surface area contributed by atoms with E-state index in [2.05, 4.69) is 12.2 Å². The Morgan fingerprint density at radius 1 is 1.41 bits per heavy atom. The summed E-state index contributed by atoms with van der Waals surface area (Å²) in [5.74, 6) is -0.133. The van der Waals surface area contributed by atoms with E-state index in [1.807, 2.05) is 0 Å². The maximum atomic E-state index is 13.0. The maximum Gasteiger partial charge on any atom is 0.123 e. The van der Waals surface area contributed by atoms with Gasteiger partial charge in [0.1, 0.15) is 11.6 Å². The number of hydrogen-bond acceptors (Lipinski definition) is 2. The first-order valence-corrected chi connectivity index (χ1v) is 6.33. The Morgan fingerprint density at radius 2 is 2.18 bits per heavy atom. The first kappa shape index (κ1) is 12.4. The molecular formula is C14H20FNO. The smallest absolute Gasteiger partial charge is 0.123 e. The van der Waals surface area contributed by atoms with E-state index >= 15 is 0 Å². The fourth-order valence-corrected chi connectivity index (χ4v) is 2.49. The van der Waals surface area contributed by atoms with Crippen molar-refractivity contribution in [3.05, 3.63) is 29.6 Å². The molecule has 1 aromatic carbocycles. The number of rotatable bonds is 5. The van der Waals surface area contributed by atoms with Gasteiger partial charge in [0.25, 0.3) is 0 Å². The first-order chi connectivity index (χ1) is 8.15. The summed E-state index contributed by atoms with van der Waals surface area (Å²) in [5.41, 5.74) is 1.08. The number of phenols is 1. The molecule has 17 heavy (non-hydrogen) atoms. The van der Waals surface area contributed by atoms with E-state index in [0.29, 0.717) is 17.5 Å². The summed E-state index contributed by atoms with van der Waals surface area (Å²) < 4.78 is 13.0. The van der Waals surface area contributed by atoms with Crippen molar-refractivity contribution in [2.24, 2.45) is 5.41 Å². The Balaban J connectivity index is 1.87. The van der Waals surface area contributed by atoms with E-state index in [4.69, 9.17) is 0 Å². The topological polar surface area (TPSA) is 32.3 Å². The molecule has 0 atom stereocenters. The monoisotopic (exact) mass is 237 g/mol. The van der Waals surface area contributed by atoms with Crippen LogP contribution >= 0.6 is 0 Å². The number of aromatic hydroxyl groups is 1. The zero-order chi connectivity index (χ0) is 12.3. The van der Waals surface area contributed by atoms with Crippen molar-refractivity contribution in [3.8, 4) is 5.75 Å². The van der Waals surface area contributed by atoms with Crippen molar-refractivity contribution < 1.29 is 9.50 Å². The van der Waals surface area contributed by atoms with Gasteiger partial charge in [-0.15, -0.1) is 0 Å². The SMILES string of the molecule is CCC1(CNCc2cc(F)ccc2O)CCC1. The van der Waals surface area contributed by atoms with Crippen LogP contribution in [-0.4, -0.2) is 11.7 Å². The summed E-state index contributed by atoms with van der Waals surface area (Å²) in [6, 6.07) is 4.07. The van der Waals surface area contributed by atoms with E-state index < -0.39 is 0 Å². The van der Waals surface area contributed by atoms with Crippen LogP contribution in [0, 0.1) is 11.2 Å². The van der Waals surface area contributed by atoms with Crippen LogP contribution < -0.4 is 5.32 Å². The van der Waals surface area contributed by atoms with Crippen molar-refractivity contribution in [1.29, 1.82) is 0 Å². The Hall–Kier alpha value is -1.09. The number of phenolic OH excluding ortho intramolecular Hbond substituents is 1. The van der Waals surface area contributed by atoms with E-state index in [1.54, 1.807) is 0 Å². The number of benzene rings is 1. The van der Waals surface area contributed by atoms with Crippen molar-refractivity contribution in [1.82, 2.24) is 5.32 Å². The highest BCUT2D eigenvalue weighted by molar-refractivity contribution is 5.32. The molecule has 1 aliphatic rings. The van der Waals surface area contributed by atoms with Crippen molar-refractivity contribution in [2.45, 2.75) is 39.2 Å². The van der Waals surface area contributed by atoms with E-state index in [-0.39, 0.29) is 11.6 Å². The Bertz CT molecular complexity index is 382. The van der Waals surface area contributed by atoms with Crippen LogP contribution in [-0.2, 0) is 6.54 Å². The molecule has 2 rings (SSSR count). The summed E-state index contributed by atoms with van der Waals surface area (Å²) in [4.78, 5) is 0. The largest absolute Gasteiger partial charge is 0.508 e. The second-order valence-electron chi connectivity index (χ2n) is 5.08. The second kappa shape index (κ2) is 5.05. The molecule has 0 saturated heterocycles. The third-order valence-electron chi connectivity index (χ3n) is 4.02. The minimum atomic E-state index is -0.298. The van der Waals surface area contributed by atoms with Gasteiger partial charge >= 0.3 is 0 Å². The van der Waals surface area contributed by atoms with Gasteiger partial charge in [0.05, 0.1) is 0 Å². The molecule has 0 unspecified atom stereocenters. The number of hydrogen-bond donors (Lipinski definition) is 2. The van der Waals surface area contributed by atoms with Gasteiger partial charge < -0.3 is 10.4 Å². The van der Waals surface area contributed by atoms with Crippen LogP contribution in [0.3, 0.4) is 0 Å². The molecule has 0 radical (unpaired) electrons. The van der Waals surface area contributed by atoms with Gasteiger partial charge in [0.2, 0.25) is 0 Å². The molecule has 0 aromatic heterocycles. The molecule has 1 aliphatic carbocycles. The molecule has 0 spiro atoms. The minimum absolute atomic E-state index is 0.165. The van der Waals surface area contributed by atoms with Crippen LogP contribution in [0.25, 0.3) is 0 Å². The van der Waals surface area contributed by atoms with Gasteiger partial charge in [0.15, 0.2) is 0 Å². The summed E-state index contributed by atoms with van der Waals surface area (Å²) in [6.07, 6.45) is 5.08. The average Bonchev–Trinajstić information content (AvgIpc) is 2.27. The third-order valence-corrected chi connectivity index (χ3v) is 4.02. The summed E-state index contributed by atoms with van der Waals surface area (Å²) in [5, 5.41) is 12.9. The van der Waals surface area contributed by atoms with Crippen LogP contribution in [0.2, 0.25) is 0 Å². The van der Waals surface area contributed by atoms with Gasteiger partial charge in [-0.1, -0.05) is 13.3 Å². The molecular weight excluding hydrogens is 217 g/mol. The summed E-state index contributed by atoms with van der Waals surface area (Å²) in [6.45, 7) is 3.71. The molecule has 0 heterocycles. The number of nitrogens with one attached hydrogen (secondary N) is 1. The van der Waals surface area contributed by atoms with E-state index in [9.17, 15) is 9.50 Å². The summed E-state index contributed by atoms with van der Waals surface area (Å²) in [7, 11) is 0. The third kappa shape index (κ3) is 2.78. The molecule has 0 amide bonds. The highest BCUT2D eigenvalue weighted by Gasteiger charge is 2.34. The van der Waals surface area contributed by atoms with Gasteiger partial charge in [0, 0.05) is 18.7 Å². The Kier molecular flexibility index (Phi) is 3.67. The quantitative estimate of drug-likeness (QED) is 0.824. The minimum Gasteiger partial charge on any atom is -0.508 e. The lowest BCUT2D eigenvalue weighted by atomic mass is 9.67. The van der Waals surface area contributed by atoms with Crippen LogP contribution in [0.1, 0.15) is 38.2 Å². The van der Waals surface area contributed by atoms with Crippen molar-refractivity contribution >= 4 is 0 Å².